The van der Waals surface area contributed by atoms with Crippen LogP contribution in [0.3, 0.4) is 0 Å². The van der Waals surface area contributed by atoms with E-state index in [0.29, 0.717) is 5.69 Å². The highest BCUT2D eigenvalue weighted by atomic mass is 32.2. The van der Waals surface area contributed by atoms with Gasteiger partial charge in [0.1, 0.15) is 0 Å². The van der Waals surface area contributed by atoms with Crippen molar-refractivity contribution >= 4 is 21.4 Å². The Bertz CT molecular complexity index is 943. The maximum atomic E-state index is 13.0. The zero-order chi connectivity index (χ0) is 18.6. The van der Waals surface area contributed by atoms with Crippen LogP contribution in [0.25, 0.3) is 0 Å². The van der Waals surface area contributed by atoms with Gasteiger partial charge >= 0.3 is 0 Å². The summed E-state index contributed by atoms with van der Waals surface area (Å²) in [6.07, 6.45) is 1.15. The zero-order valence-electron chi connectivity index (χ0n) is 14.3. The van der Waals surface area contributed by atoms with Gasteiger partial charge in [0, 0.05) is 11.9 Å². The average molecular weight is 365 g/mol. The molecule has 3 aromatic carbocycles. The number of carbonyl (C=O) groups excluding carboxylic acids is 1. The Kier molecular flexibility index (Phi) is 5.19. The second-order valence-corrected chi connectivity index (χ2v) is 8.06. The molecule has 132 valence electrons. The Labute approximate surface area is 153 Å². The molecule has 0 spiro atoms. The van der Waals surface area contributed by atoms with Crippen LogP contribution in [0.2, 0.25) is 0 Å². The van der Waals surface area contributed by atoms with Crippen LogP contribution < -0.4 is 5.32 Å². The maximum Gasteiger partial charge on any atom is 0.236 e. The number of anilines is 1. The molecule has 0 unspecified atom stereocenters. The van der Waals surface area contributed by atoms with Crippen molar-refractivity contribution in [3.63, 3.8) is 0 Å². The summed E-state index contributed by atoms with van der Waals surface area (Å²) in [5, 5.41) is 2.88. The Hall–Kier alpha value is -2.92. The first kappa shape index (κ1) is 17.9. The molecule has 26 heavy (non-hydrogen) atoms. The first-order valence-corrected chi connectivity index (χ1v) is 10.1. The summed E-state index contributed by atoms with van der Waals surface area (Å²) in [5.41, 5.74) is 2.34. The summed E-state index contributed by atoms with van der Waals surface area (Å²) < 4.78 is 23.1. The lowest BCUT2D eigenvalue weighted by Gasteiger charge is -2.18. The molecule has 3 rings (SSSR count). The number of nitrogens with one attached hydrogen (secondary N) is 1. The number of rotatable bonds is 5. The van der Waals surface area contributed by atoms with Crippen molar-refractivity contribution in [2.45, 2.75) is 10.8 Å². The molecule has 0 aromatic heterocycles. The number of hydrogen-bond donors (Lipinski definition) is 1. The second kappa shape index (κ2) is 7.54. The fraction of sp³-hybridized carbons (Fsp3) is 0.0952. The van der Waals surface area contributed by atoms with Gasteiger partial charge in [0.05, 0.1) is 10.8 Å². The highest BCUT2D eigenvalue weighted by molar-refractivity contribution is 7.90. The first-order valence-electron chi connectivity index (χ1n) is 8.16. The molecule has 0 saturated carbocycles. The van der Waals surface area contributed by atoms with E-state index < -0.39 is 15.8 Å². The van der Waals surface area contributed by atoms with Crippen LogP contribution >= 0.6 is 0 Å². The molecule has 0 atom stereocenters. The average Bonchev–Trinajstić information content (AvgIpc) is 2.63. The van der Waals surface area contributed by atoms with Gasteiger partial charge in [-0.15, -0.1) is 0 Å². The molecule has 5 heteroatoms. The third-order valence-corrected chi connectivity index (χ3v) is 5.21. The Morgan fingerprint density at radius 3 is 1.65 bits per heavy atom. The molecule has 0 aliphatic rings. The third kappa shape index (κ3) is 4.18. The molecule has 0 fully saturated rings. The summed E-state index contributed by atoms with van der Waals surface area (Å²) in [4.78, 5) is 13.2. The summed E-state index contributed by atoms with van der Waals surface area (Å²) in [7, 11) is -3.26. The van der Waals surface area contributed by atoms with Gasteiger partial charge in [-0.3, -0.25) is 4.79 Å². The molecule has 0 aliphatic heterocycles. The van der Waals surface area contributed by atoms with E-state index in [0.717, 1.165) is 17.4 Å². The third-order valence-electron chi connectivity index (χ3n) is 4.08. The summed E-state index contributed by atoms with van der Waals surface area (Å²) in [6.45, 7) is 0. The van der Waals surface area contributed by atoms with Crippen molar-refractivity contribution in [1.82, 2.24) is 0 Å². The molecule has 0 saturated heterocycles. The fourth-order valence-electron chi connectivity index (χ4n) is 2.79. The van der Waals surface area contributed by atoms with E-state index in [4.69, 9.17) is 0 Å². The van der Waals surface area contributed by atoms with Crippen molar-refractivity contribution in [3.05, 3.63) is 96.1 Å². The topological polar surface area (TPSA) is 63.2 Å². The van der Waals surface area contributed by atoms with Crippen molar-refractivity contribution < 1.29 is 13.2 Å². The second-order valence-electron chi connectivity index (χ2n) is 6.04. The minimum absolute atomic E-state index is 0.172. The summed E-state index contributed by atoms with van der Waals surface area (Å²) in [5.74, 6) is -0.624. The van der Waals surface area contributed by atoms with E-state index in [2.05, 4.69) is 5.32 Å². The van der Waals surface area contributed by atoms with Gasteiger partial charge in [0.15, 0.2) is 9.84 Å². The number of amides is 1. The summed E-state index contributed by atoms with van der Waals surface area (Å²) >= 11 is 0. The quantitative estimate of drug-likeness (QED) is 0.747. The normalized spacial score (nSPS) is 11.3. The van der Waals surface area contributed by atoms with Crippen LogP contribution in [0.1, 0.15) is 17.0 Å². The number of sulfone groups is 1. The lowest BCUT2D eigenvalue weighted by Crippen LogP contribution is -2.22. The molecule has 0 aliphatic carbocycles. The van der Waals surface area contributed by atoms with Crippen LogP contribution in [-0.4, -0.2) is 20.6 Å². The van der Waals surface area contributed by atoms with Crippen molar-refractivity contribution in [3.8, 4) is 0 Å². The van der Waals surface area contributed by atoms with Crippen LogP contribution in [0.5, 0.6) is 0 Å². The zero-order valence-corrected chi connectivity index (χ0v) is 15.1. The minimum atomic E-state index is -3.26. The summed E-state index contributed by atoms with van der Waals surface area (Å²) in [6, 6.07) is 25.3. The van der Waals surface area contributed by atoms with Crippen LogP contribution in [0.4, 0.5) is 5.69 Å². The van der Waals surface area contributed by atoms with Gasteiger partial charge in [0.25, 0.3) is 0 Å². The minimum Gasteiger partial charge on any atom is -0.325 e. The van der Waals surface area contributed by atoms with E-state index >= 15 is 0 Å². The van der Waals surface area contributed by atoms with Crippen LogP contribution in [0, 0.1) is 0 Å². The number of carbonyl (C=O) groups is 1. The van der Waals surface area contributed by atoms with Crippen LogP contribution in [0.15, 0.2) is 89.8 Å². The Morgan fingerprint density at radius 1 is 0.769 bits per heavy atom. The molecule has 0 bridgehead atoms. The van der Waals surface area contributed by atoms with Crippen molar-refractivity contribution in [2.24, 2.45) is 0 Å². The predicted molar refractivity (Wildman–Crippen MR) is 103 cm³/mol. The molecule has 3 aromatic rings. The lowest BCUT2D eigenvalue weighted by atomic mass is 9.90. The maximum absolute atomic E-state index is 13.0. The Balaban J connectivity index is 1.89. The lowest BCUT2D eigenvalue weighted by molar-refractivity contribution is -0.116. The van der Waals surface area contributed by atoms with Gasteiger partial charge < -0.3 is 5.32 Å². The van der Waals surface area contributed by atoms with E-state index in [1.807, 2.05) is 60.7 Å². The first-order chi connectivity index (χ1) is 12.4. The van der Waals surface area contributed by atoms with Crippen molar-refractivity contribution in [2.75, 3.05) is 11.6 Å². The van der Waals surface area contributed by atoms with Gasteiger partial charge in [0.2, 0.25) is 5.91 Å². The van der Waals surface area contributed by atoms with E-state index in [1.165, 1.54) is 12.1 Å². The van der Waals surface area contributed by atoms with Gasteiger partial charge in [-0.05, 0) is 35.4 Å². The van der Waals surface area contributed by atoms with Crippen LogP contribution in [-0.2, 0) is 14.6 Å². The molecular weight excluding hydrogens is 346 g/mol. The monoisotopic (exact) mass is 365 g/mol. The van der Waals surface area contributed by atoms with E-state index in [1.54, 1.807) is 12.1 Å². The van der Waals surface area contributed by atoms with Crippen molar-refractivity contribution in [1.29, 1.82) is 0 Å². The standard InChI is InChI=1S/C21H19NO3S/c1-26(24,25)19-14-12-18(13-15-19)22-21(23)20(16-8-4-2-5-9-16)17-10-6-3-7-11-17/h2-15,20H,1H3,(H,22,23). The predicted octanol–water partition coefficient (Wildman–Crippen LogP) is 3.86. The van der Waals surface area contributed by atoms with E-state index in [9.17, 15) is 13.2 Å². The highest BCUT2D eigenvalue weighted by Crippen LogP contribution is 2.26. The largest absolute Gasteiger partial charge is 0.325 e. The fourth-order valence-corrected chi connectivity index (χ4v) is 3.42. The molecule has 1 amide bonds. The molecular formula is C21H19NO3S. The SMILES string of the molecule is CS(=O)(=O)c1ccc(NC(=O)C(c2ccccc2)c2ccccc2)cc1. The molecule has 0 heterocycles. The molecule has 0 radical (unpaired) electrons. The van der Waals surface area contributed by atoms with Gasteiger partial charge in [-0.25, -0.2) is 8.42 Å². The van der Waals surface area contributed by atoms with Gasteiger partial charge in [-0.1, -0.05) is 60.7 Å². The highest BCUT2D eigenvalue weighted by Gasteiger charge is 2.22. The van der Waals surface area contributed by atoms with E-state index in [-0.39, 0.29) is 10.8 Å². The molecule has 4 nitrogen and oxygen atoms in total. The number of hydrogen-bond acceptors (Lipinski definition) is 3. The van der Waals surface area contributed by atoms with Gasteiger partial charge in [-0.2, -0.15) is 0 Å². The Morgan fingerprint density at radius 2 is 1.23 bits per heavy atom. The number of benzene rings is 3. The smallest absolute Gasteiger partial charge is 0.236 e. The molecule has 1 N–H and O–H groups in total.